The predicted molar refractivity (Wildman–Crippen MR) is 160 cm³/mol. The number of aliphatic hydroxyl groups is 1. The zero-order valence-electron chi connectivity index (χ0n) is 22.6. The number of hydrogen-bond acceptors (Lipinski definition) is 6. The van der Waals surface area contributed by atoms with Crippen LogP contribution in [-0.2, 0) is 10.5 Å². The quantitative estimate of drug-likeness (QED) is 0.131. The maximum absolute atomic E-state index is 12.9. The second-order valence-electron chi connectivity index (χ2n) is 8.93. The molecule has 0 fully saturated rings. The van der Waals surface area contributed by atoms with E-state index in [9.17, 15) is 9.59 Å². The van der Waals surface area contributed by atoms with Crippen molar-refractivity contribution in [2.24, 2.45) is 0 Å². The van der Waals surface area contributed by atoms with Crippen LogP contribution in [-0.4, -0.2) is 66.5 Å². The van der Waals surface area contributed by atoms with Crippen LogP contribution in [0.3, 0.4) is 0 Å². The number of hydrogen-bond donors (Lipinski definition) is 3. The van der Waals surface area contributed by atoms with Crippen molar-refractivity contribution in [2.45, 2.75) is 18.6 Å². The van der Waals surface area contributed by atoms with Crippen LogP contribution in [0.2, 0.25) is 0 Å². The smallest absolute Gasteiger partial charge is 0.370 e. The van der Waals surface area contributed by atoms with Crippen LogP contribution >= 0.6 is 11.8 Å². The molecule has 0 aliphatic heterocycles. The third-order valence-electron chi connectivity index (χ3n) is 5.54. The second kappa shape index (κ2) is 17.7. The molecule has 0 saturated carbocycles. The standard InChI is InChI=1S/C28H34N2O2S.C3H4O3/c1-30(2)19-11-10-18-29-28(31)27-17-9-8-16-26(27)25-15-7-6-12-23(25)22-33-21-20-32-24-13-4-3-5-14-24;1-2(4)3(5)6/h3-9,12-17H,10-11,18-22H2,1-2H3,(H,29,31);4H,1H2,(H,5,6). The maximum Gasteiger partial charge on any atom is 0.370 e. The SMILES string of the molecule is C=C(O)C(=O)O.CN(C)CCCCNC(=O)c1ccccc1-c1ccccc1CSCCOc1ccccc1. The monoisotopic (exact) mass is 550 g/mol. The molecule has 3 rings (SSSR count). The number of carbonyl (C=O) groups is 2. The Kier molecular flexibility index (Phi) is 14.3. The zero-order chi connectivity index (χ0) is 28.5. The van der Waals surface area contributed by atoms with Crippen molar-refractivity contribution in [3.8, 4) is 16.9 Å². The van der Waals surface area contributed by atoms with E-state index >= 15 is 0 Å². The summed E-state index contributed by atoms with van der Waals surface area (Å²) in [7, 11) is 4.14. The van der Waals surface area contributed by atoms with Crippen molar-refractivity contribution in [2.75, 3.05) is 39.5 Å². The molecular formula is C31H38N2O5S. The van der Waals surface area contributed by atoms with Crippen LogP contribution in [0.5, 0.6) is 5.75 Å². The molecule has 3 N–H and O–H groups in total. The summed E-state index contributed by atoms with van der Waals surface area (Å²) in [5, 5.41) is 18.6. The zero-order valence-corrected chi connectivity index (χ0v) is 23.5. The number of aliphatic carboxylic acids is 1. The van der Waals surface area contributed by atoms with Gasteiger partial charge in [0.25, 0.3) is 5.91 Å². The van der Waals surface area contributed by atoms with Gasteiger partial charge in [-0.3, -0.25) is 4.79 Å². The summed E-state index contributed by atoms with van der Waals surface area (Å²) in [5.74, 6) is 0.465. The van der Waals surface area contributed by atoms with E-state index in [1.807, 2.05) is 72.4 Å². The number of nitrogens with zero attached hydrogens (tertiary/aromatic N) is 1. The average Bonchev–Trinajstić information content (AvgIpc) is 2.93. The number of thioether (sulfide) groups is 1. The second-order valence-corrected chi connectivity index (χ2v) is 10.0. The number of ether oxygens (including phenoxy) is 1. The van der Waals surface area contributed by atoms with Gasteiger partial charge in [-0.25, -0.2) is 4.79 Å². The molecular weight excluding hydrogens is 512 g/mol. The number of carboxylic acids is 1. The Bertz CT molecular complexity index is 1170. The predicted octanol–water partition coefficient (Wildman–Crippen LogP) is 5.88. The molecule has 0 aliphatic carbocycles. The first kappa shape index (κ1) is 31.5. The molecule has 0 saturated heterocycles. The van der Waals surface area contributed by atoms with Crippen LogP contribution in [0, 0.1) is 0 Å². The summed E-state index contributed by atoms with van der Waals surface area (Å²) < 4.78 is 5.80. The van der Waals surface area contributed by atoms with E-state index in [0.717, 1.165) is 53.3 Å². The Balaban J connectivity index is 0.000000798. The fourth-order valence-corrected chi connectivity index (χ4v) is 4.41. The van der Waals surface area contributed by atoms with E-state index in [-0.39, 0.29) is 5.91 Å². The number of unbranched alkanes of at least 4 members (excludes halogenated alkanes) is 1. The number of para-hydroxylation sites is 1. The highest BCUT2D eigenvalue weighted by Crippen LogP contribution is 2.29. The van der Waals surface area contributed by atoms with Crippen molar-refractivity contribution >= 4 is 23.6 Å². The molecule has 0 spiro atoms. The van der Waals surface area contributed by atoms with Crippen LogP contribution in [0.4, 0.5) is 0 Å². The molecule has 0 bridgehead atoms. The number of rotatable bonds is 14. The van der Waals surface area contributed by atoms with Crippen LogP contribution in [0.15, 0.2) is 91.2 Å². The number of amides is 1. The summed E-state index contributed by atoms with van der Waals surface area (Å²) in [4.78, 5) is 24.5. The minimum absolute atomic E-state index is 0.00540. The molecule has 3 aromatic carbocycles. The number of carboxylic acid groups (broad SMARTS) is 1. The fourth-order valence-electron chi connectivity index (χ4n) is 3.59. The van der Waals surface area contributed by atoms with E-state index in [1.165, 1.54) is 5.56 Å². The van der Waals surface area contributed by atoms with Crippen molar-refractivity contribution in [3.63, 3.8) is 0 Å². The maximum atomic E-state index is 12.9. The average molecular weight is 551 g/mol. The molecule has 0 aliphatic rings. The Morgan fingerprint density at radius 3 is 2.18 bits per heavy atom. The lowest BCUT2D eigenvalue weighted by Crippen LogP contribution is -2.25. The van der Waals surface area contributed by atoms with Crippen molar-refractivity contribution < 1.29 is 24.5 Å². The summed E-state index contributed by atoms with van der Waals surface area (Å²) in [5.41, 5.74) is 4.07. The normalized spacial score (nSPS) is 10.3. The molecule has 1 amide bonds. The lowest BCUT2D eigenvalue weighted by atomic mass is 9.95. The summed E-state index contributed by atoms with van der Waals surface area (Å²) in [6.45, 7) is 5.11. The van der Waals surface area contributed by atoms with Gasteiger partial charge in [0.2, 0.25) is 0 Å². The number of benzene rings is 3. The molecule has 8 heteroatoms. The largest absolute Gasteiger partial charge is 0.502 e. The van der Waals surface area contributed by atoms with Gasteiger partial charge in [-0.05, 0) is 75.0 Å². The van der Waals surface area contributed by atoms with E-state index in [1.54, 1.807) is 0 Å². The number of aliphatic hydroxyl groups excluding tert-OH is 1. The molecule has 208 valence electrons. The Morgan fingerprint density at radius 1 is 0.897 bits per heavy atom. The highest BCUT2D eigenvalue weighted by molar-refractivity contribution is 7.98. The Labute approximate surface area is 235 Å². The molecule has 7 nitrogen and oxygen atoms in total. The van der Waals surface area contributed by atoms with Gasteiger partial charge in [-0.2, -0.15) is 11.8 Å². The number of nitrogens with one attached hydrogen (secondary N) is 1. The van der Waals surface area contributed by atoms with Gasteiger partial charge < -0.3 is 25.2 Å². The number of carbonyl (C=O) groups excluding carboxylic acids is 1. The Morgan fingerprint density at radius 2 is 1.51 bits per heavy atom. The van der Waals surface area contributed by atoms with Crippen molar-refractivity contribution in [1.82, 2.24) is 10.2 Å². The lowest BCUT2D eigenvalue weighted by Gasteiger charge is -2.14. The van der Waals surface area contributed by atoms with E-state index in [0.29, 0.717) is 13.2 Å². The minimum atomic E-state index is -1.38. The highest BCUT2D eigenvalue weighted by atomic mass is 32.2. The summed E-state index contributed by atoms with van der Waals surface area (Å²) in [6, 6.07) is 26.2. The van der Waals surface area contributed by atoms with Crippen LogP contribution in [0.1, 0.15) is 28.8 Å². The lowest BCUT2D eigenvalue weighted by molar-refractivity contribution is -0.135. The van der Waals surface area contributed by atoms with E-state index in [2.05, 4.69) is 49.1 Å². The highest BCUT2D eigenvalue weighted by Gasteiger charge is 2.14. The first-order valence-corrected chi connectivity index (χ1v) is 13.9. The Hall–Kier alpha value is -3.75. The molecule has 0 atom stereocenters. The van der Waals surface area contributed by atoms with Crippen LogP contribution < -0.4 is 10.1 Å². The molecule has 0 aromatic heterocycles. The van der Waals surface area contributed by atoms with Gasteiger partial charge >= 0.3 is 5.97 Å². The third kappa shape index (κ3) is 12.1. The fraction of sp³-hybridized carbons (Fsp3) is 0.290. The summed E-state index contributed by atoms with van der Waals surface area (Å²) >= 11 is 1.84. The summed E-state index contributed by atoms with van der Waals surface area (Å²) in [6.07, 6.45) is 2.05. The first-order chi connectivity index (χ1) is 18.8. The third-order valence-corrected chi connectivity index (χ3v) is 6.51. The van der Waals surface area contributed by atoms with Gasteiger partial charge in [0.1, 0.15) is 5.75 Å². The first-order valence-electron chi connectivity index (χ1n) is 12.8. The molecule has 0 radical (unpaired) electrons. The molecule has 39 heavy (non-hydrogen) atoms. The van der Waals surface area contributed by atoms with Gasteiger partial charge in [-0.15, -0.1) is 0 Å². The van der Waals surface area contributed by atoms with Gasteiger partial charge in [0, 0.05) is 23.6 Å². The molecule has 0 unspecified atom stereocenters. The minimum Gasteiger partial charge on any atom is -0.502 e. The molecule has 0 heterocycles. The van der Waals surface area contributed by atoms with E-state index in [4.69, 9.17) is 14.9 Å². The topological polar surface area (TPSA) is 99.1 Å². The van der Waals surface area contributed by atoms with Gasteiger partial charge in [0.05, 0.1) is 6.61 Å². The van der Waals surface area contributed by atoms with E-state index < -0.39 is 11.7 Å². The van der Waals surface area contributed by atoms with Crippen molar-refractivity contribution in [3.05, 3.63) is 102 Å². The molecule has 3 aromatic rings. The van der Waals surface area contributed by atoms with Crippen molar-refractivity contribution in [1.29, 1.82) is 0 Å². The van der Waals surface area contributed by atoms with Gasteiger partial charge in [0.15, 0.2) is 5.76 Å². The van der Waals surface area contributed by atoms with Gasteiger partial charge in [-0.1, -0.05) is 60.7 Å². The van der Waals surface area contributed by atoms with Crippen LogP contribution in [0.25, 0.3) is 11.1 Å².